The summed E-state index contributed by atoms with van der Waals surface area (Å²) in [6.45, 7) is 2.17. The molecule has 3 aliphatic rings. The molecule has 1 saturated heterocycles. The van der Waals surface area contributed by atoms with E-state index in [2.05, 4.69) is 34.2 Å². The predicted molar refractivity (Wildman–Crippen MR) is 136 cm³/mol. The lowest BCUT2D eigenvalue weighted by Gasteiger charge is -2.46. The van der Waals surface area contributed by atoms with Crippen LogP contribution in [-0.2, 0) is 19.0 Å². The third-order valence-corrected chi connectivity index (χ3v) is 8.42. The van der Waals surface area contributed by atoms with Crippen LogP contribution in [0.25, 0.3) is 16.6 Å². The van der Waals surface area contributed by atoms with Gasteiger partial charge in [-0.25, -0.2) is 8.78 Å². The van der Waals surface area contributed by atoms with Gasteiger partial charge in [-0.3, -0.25) is 14.3 Å². The lowest BCUT2D eigenvalue weighted by atomic mass is 9.58. The molecule has 0 unspecified atom stereocenters. The zero-order chi connectivity index (χ0) is 25.5. The number of nitrogens with zero attached hydrogens (tertiary/aromatic N) is 5. The van der Waals surface area contributed by atoms with Gasteiger partial charge in [-0.05, 0) is 66.8 Å². The molecule has 4 aromatic rings. The number of pyridine rings is 1. The number of aryl methyl sites for hydroxylation is 1. The lowest BCUT2D eigenvalue weighted by molar-refractivity contribution is -0.134. The number of hydrogen-bond donors (Lipinski definition) is 1. The largest absolute Gasteiger partial charge is 0.353 e. The third kappa shape index (κ3) is 3.66. The van der Waals surface area contributed by atoms with E-state index < -0.39 is 5.92 Å². The average molecular weight is 505 g/mol. The molecule has 37 heavy (non-hydrogen) atoms. The van der Waals surface area contributed by atoms with Crippen LogP contribution >= 0.6 is 0 Å². The van der Waals surface area contributed by atoms with Crippen LogP contribution in [0.2, 0.25) is 0 Å². The fraction of sp³-hybridized carbons (Fsp3) is 0.464. The van der Waals surface area contributed by atoms with E-state index in [9.17, 15) is 13.6 Å². The van der Waals surface area contributed by atoms with Gasteiger partial charge in [0.15, 0.2) is 0 Å². The number of fused-ring (bicyclic) bond motifs is 1. The molecule has 2 saturated carbocycles. The summed E-state index contributed by atoms with van der Waals surface area (Å²) in [6.07, 6.45) is 7.90. The molecule has 3 aromatic heterocycles. The Morgan fingerprint density at radius 1 is 1.16 bits per heavy atom. The van der Waals surface area contributed by atoms with Gasteiger partial charge in [-0.15, -0.1) is 10.2 Å². The summed E-state index contributed by atoms with van der Waals surface area (Å²) in [5.74, 6) is -0.643. The average Bonchev–Trinajstić information content (AvgIpc) is 3.44. The van der Waals surface area contributed by atoms with Crippen LogP contribution in [0.3, 0.4) is 0 Å². The van der Waals surface area contributed by atoms with E-state index in [1.54, 1.807) is 15.8 Å². The Morgan fingerprint density at radius 3 is 2.59 bits per heavy atom. The molecule has 0 bridgehead atoms. The van der Waals surface area contributed by atoms with Crippen LogP contribution in [0.15, 0.2) is 47.7 Å². The third-order valence-electron chi connectivity index (χ3n) is 8.42. The van der Waals surface area contributed by atoms with Gasteiger partial charge in [-0.2, -0.15) is 0 Å². The highest BCUT2D eigenvalue weighted by Gasteiger charge is 2.48. The van der Waals surface area contributed by atoms with Crippen molar-refractivity contribution >= 4 is 10.9 Å². The number of halogens is 2. The topological polar surface area (TPSA) is 71.7 Å². The SMILES string of the molecule is CC1CC(c2cccc(-n3cc(C4CC4)c4cc(CN5CC(F)(F)C5)[nH]c4c3=O)c2)(c2nncn2C)C1. The van der Waals surface area contributed by atoms with Gasteiger partial charge in [0.1, 0.15) is 17.7 Å². The number of rotatable bonds is 6. The van der Waals surface area contributed by atoms with Crippen molar-refractivity contribution in [3.8, 4) is 5.69 Å². The van der Waals surface area contributed by atoms with Crippen LogP contribution in [0.4, 0.5) is 8.78 Å². The second kappa shape index (κ2) is 7.84. The van der Waals surface area contributed by atoms with E-state index in [1.807, 2.05) is 36.0 Å². The van der Waals surface area contributed by atoms with Crippen molar-refractivity contribution < 1.29 is 8.78 Å². The summed E-state index contributed by atoms with van der Waals surface area (Å²) >= 11 is 0. The standard InChI is InChI=1S/C28H30F2N6O/c1-17-10-27(11-17,26-33-31-16-34(26)2)19-4-3-5-21(8-19)36-13-23(18-6-7-18)22-9-20(32-24(22)25(36)37)12-35-14-28(29,30)15-35/h3-5,8-9,13,16-18,32H,6-7,10-12,14-15H2,1-2H3. The summed E-state index contributed by atoms with van der Waals surface area (Å²) in [6, 6.07) is 10.2. The summed E-state index contributed by atoms with van der Waals surface area (Å²) in [4.78, 5) is 18.7. The quantitative estimate of drug-likeness (QED) is 0.420. The first-order valence-corrected chi connectivity index (χ1v) is 13.1. The molecule has 192 valence electrons. The number of nitrogens with one attached hydrogen (secondary N) is 1. The monoisotopic (exact) mass is 504 g/mol. The highest BCUT2D eigenvalue weighted by Crippen LogP contribution is 2.51. The molecule has 1 aromatic carbocycles. The smallest absolute Gasteiger partial charge is 0.279 e. The molecule has 0 radical (unpaired) electrons. The minimum absolute atomic E-state index is 0.119. The number of aromatic amines is 1. The Kier molecular flexibility index (Phi) is 4.84. The highest BCUT2D eigenvalue weighted by molar-refractivity contribution is 5.84. The number of benzene rings is 1. The van der Waals surface area contributed by atoms with Gasteiger partial charge in [-0.1, -0.05) is 19.1 Å². The van der Waals surface area contributed by atoms with E-state index in [0.717, 1.165) is 59.4 Å². The second-order valence-corrected chi connectivity index (χ2v) is 11.5. The van der Waals surface area contributed by atoms with E-state index in [0.29, 0.717) is 23.9 Å². The van der Waals surface area contributed by atoms with Crippen molar-refractivity contribution in [3.63, 3.8) is 0 Å². The molecule has 3 fully saturated rings. The minimum Gasteiger partial charge on any atom is -0.353 e. The number of hydrogen-bond acceptors (Lipinski definition) is 4. The second-order valence-electron chi connectivity index (χ2n) is 11.5. The van der Waals surface area contributed by atoms with Crippen molar-refractivity contribution in [1.29, 1.82) is 0 Å². The van der Waals surface area contributed by atoms with Gasteiger partial charge < -0.3 is 9.55 Å². The Labute approximate surface area is 213 Å². The molecule has 9 heteroatoms. The van der Waals surface area contributed by atoms with Crippen molar-refractivity contribution in [2.45, 2.75) is 56.4 Å². The van der Waals surface area contributed by atoms with E-state index in [-0.39, 0.29) is 24.1 Å². The summed E-state index contributed by atoms with van der Waals surface area (Å²) in [5, 5.41) is 9.52. The molecule has 1 N–H and O–H groups in total. The Bertz CT molecular complexity index is 1570. The van der Waals surface area contributed by atoms with Crippen molar-refractivity contribution in [2.24, 2.45) is 13.0 Å². The summed E-state index contributed by atoms with van der Waals surface area (Å²) < 4.78 is 30.4. The maximum atomic E-state index is 13.8. The van der Waals surface area contributed by atoms with Crippen LogP contribution in [0, 0.1) is 5.92 Å². The number of alkyl halides is 2. The fourth-order valence-electron chi connectivity index (χ4n) is 6.60. The molecule has 0 atom stereocenters. The van der Waals surface area contributed by atoms with E-state index in [4.69, 9.17) is 0 Å². The predicted octanol–water partition coefficient (Wildman–Crippen LogP) is 4.49. The van der Waals surface area contributed by atoms with E-state index in [1.165, 1.54) is 0 Å². The summed E-state index contributed by atoms with van der Waals surface area (Å²) in [7, 11) is 1.98. The van der Waals surface area contributed by atoms with Gasteiger partial charge >= 0.3 is 0 Å². The highest BCUT2D eigenvalue weighted by atomic mass is 19.3. The fourth-order valence-corrected chi connectivity index (χ4v) is 6.60. The van der Waals surface area contributed by atoms with Crippen molar-refractivity contribution in [2.75, 3.05) is 13.1 Å². The van der Waals surface area contributed by atoms with Crippen LogP contribution in [0.5, 0.6) is 0 Å². The van der Waals surface area contributed by atoms with Crippen molar-refractivity contribution in [3.05, 3.63) is 75.9 Å². The maximum absolute atomic E-state index is 13.8. The maximum Gasteiger partial charge on any atom is 0.279 e. The van der Waals surface area contributed by atoms with Crippen LogP contribution < -0.4 is 5.56 Å². The number of H-pyrrole nitrogens is 1. The van der Waals surface area contributed by atoms with Gasteiger partial charge in [0.2, 0.25) is 0 Å². The molecule has 1 aliphatic heterocycles. The first kappa shape index (κ1) is 22.8. The molecular formula is C28H30F2N6O. The van der Waals surface area contributed by atoms with Crippen LogP contribution in [0.1, 0.15) is 61.2 Å². The first-order valence-electron chi connectivity index (χ1n) is 13.1. The molecule has 0 spiro atoms. The molecule has 4 heterocycles. The zero-order valence-electron chi connectivity index (χ0n) is 21.0. The van der Waals surface area contributed by atoms with Crippen molar-refractivity contribution in [1.82, 2.24) is 29.2 Å². The number of aromatic nitrogens is 5. The Balaban J connectivity index is 1.31. The Morgan fingerprint density at radius 2 is 1.95 bits per heavy atom. The van der Waals surface area contributed by atoms with Gasteiger partial charge in [0, 0.05) is 36.6 Å². The van der Waals surface area contributed by atoms with Crippen LogP contribution in [-0.4, -0.2) is 48.2 Å². The van der Waals surface area contributed by atoms with Gasteiger partial charge in [0.25, 0.3) is 11.5 Å². The summed E-state index contributed by atoms with van der Waals surface area (Å²) in [5.41, 5.74) is 4.14. The molecule has 7 rings (SSSR count). The Hall–Kier alpha value is -3.33. The van der Waals surface area contributed by atoms with E-state index >= 15 is 0 Å². The molecule has 2 aliphatic carbocycles. The lowest BCUT2D eigenvalue weighted by Crippen LogP contribution is -2.55. The minimum atomic E-state index is -2.61. The molecule has 7 nitrogen and oxygen atoms in total. The normalized spacial score (nSPS) is 25.2. The zero-order valence-corrected chi connectivity index (χ0v) is 21.0. The first-order chi connectivity index (χ1) is 17.7. The number of likely N-dealkylation sites (tertiary alicyclic amines) is 1. The van der Waals surface area contributed by atoms with Gasteiger partial charge in [0.05, 0.1) is 18.5 Å². The molecule has 0 amide bonds. The molecular weight excluding hydrogens is 474 g/mol.